The Balaban J connectivity index is 1.70. The Kier molecular flexibility index (Phi) is 5.09. The lowest BCUT2D eigenvalue weighted by Gasteiger charge is -2.25. The molecule has 0 unspecified atom stereocenters. The summed E-state index contributed by atoms with van der Waals surface area (Å²) in [5, 5.41) is 2.61. The molecule has 0 radical (unpaired) electrons. The lowest BCUT2D eigenvalue weighted by molar-refractivity contribution is 0.0730. The predicted molar refractivity (Wildman–Crippen MR) is 106 cm³/mol. The minimum atomic E-state index is -3.58. The molecule has 4 rings (SSSR count). The van der Waals surface area contributed by atoms with Crippen LogP contribution in [0.2, 0.25) is 0 Å². The molecule has 9 heteroatoms. The number of ether oxygens (including phenoxy) is 1. The molecule has 0 N–H and O–H groups in total. The maximum atomic E-state index is 13.1. The van der Waals surface area contributed by atoms with Crippen LogP contribution < -0.4 is 0 Å². The molecule has 0 saturated carbocycles. The molecule has 1 aromatic carbocycles. The quantitative estimate of drug-likeness (QED) is 0.649. The number of aromatic nitrogens is 2. The van der Waals surface area contributed by atoms with Crippen LogP contribution in [0.5, 0.6) is 0 Å². The first-order chi connectivity index (χ1) is 13.4. The van der Waals surface area contributed by atoms with E-state index in [0.717, 1.165) is 17.0 Å². The topological polar surface area (TPSA) is 64.4 Å². The first-order valence-corrected chi connectivity index (χ1v) is 11.2. The zero-order chi connectivity index (χ0) is 19.9. The van der Waals surface area contributed by atoms with Crippen LogP contribution in [0.3, 0.4) is 0 Å². The Morgan fingerprint density at radius 1 is 1.18 bits per heavy atom. The van der Waals surface area contributed by atoms with Crippen molar-refractivity contribution in [3.63, 3.8) is 0 Å². The summed E-state index contributed by atoms with van der Waals surface area (Å²) in [4.78, 5) is 4.93. The summed E-state index contributed by atoms with van der Waals surface area (Å²) in [5.41, 5.74) is 2.95. The number of rotatable bonds is 4. The van der Waals surface area contributed by atoms with Crippen molar-refractivity contribution in [2.75, 3.05) is 26.3 Å². The Hall–Kier alpha value is -2.07. The van der Waals surface area contributed by atoms with Gasteiger partial charge < -0.3 is 9.30 Å². The average Bonchev–Trinajstić information content (AvgIpc) is 3.29. The summed E-state index contributed by atoms with van der Waals surface area (Å²) < 4.78 is 47.9. The van der Waals surface area contributed by atoms with E-state index in [4.69, 9.17) is 4.74 Å². The van der Waals surface area contributed by atoms with Crippen LogP contribution in [0, 0.1) is 12.7 Å². The summed E-state index contributed by atoms with van der Waals surface area (Å²) in [6.07, 6.45) is 0. The number of sulfonamides is 1. The number of hydrogen-bond acceptors (Lipinski definition) is 5. The fourth-order valence-corrected chi connectivity index (χ4v) is 5.77. The van der Waals surface area contributed by atoms with E-state index in [1.807, 2.05) is 17.0 Å². The van der Waals surface area contributed by atoms with Gasteiger partial charge in [-0.25, -0.2) is 17.8 Å². The van der Waals surface area contributed by atoms with Gasteiger partial charge in [-0.3, -0.25) is 0 Å². The van der Waals surface area contributed by atoms with Crippen LogP contribution in [0.1, 0.15) is 5.69 Å². The fourth-order valence-electron chi connectivity index (χ4n) is 3.21. The highest BCUT2D eigenvalue weighted by atomic mass is 32.2. The summed E-state index contributed by atoms with van der Waals surface area (Å²) in [6, 6.07) is 7.84. The average molecular weight is 422 g/mol. The Bertz CT molecular complexity index is 1100. The lowest BCUT2D eigenvalue weighted by Crippen LogP contribution is -2.40. The Labute approximate surface area is 167 Å². The van der Waals surface area contributed by atoms with Crippen molar-refractivity contribution in [1.82, 2.24) is 13.9 Å². The molecule has 6 nitrogen and oxygen atoms in total. The van der Waals surface area contributed by atoms with Gasteiger partial charge in [-0.15, -0.1) is 11.3 Å². The van der Waals surface area contributed by atoms with Crippen LogP contribution in [0.25, 0.3) is 22.0 Å². The number of halogens is 1. The Morgan fingerprint density at radius 2 is 1.86 bits per heavy atom. The normalized spacial score (nSPS) is 15.8. The number of hydrogen-bond donors (Lipinski definition) is 0. The third-order valence-electron chi connectivity index (χ3n) is 4.94. The highest BCUT2D eigenvalue weighted by molar-refractivity contribution is 7.89. The first-order valence-electron chi connectivity index (χ1n) is 8.84. The molecule has 1 fully saturated rings. The highest BCUT2D eigenvalue weighted by Crippen LogP contribution is 2.33. The second-order valence-electron chi connectivity index (χ2n) is 6.60. The van der Waals surface area contributed by atoms with Crippen molar-refractivity contribution in [3.05, 3.63) is 47.2 Å². The zero-order valence-corrected chi connectivity index (χ0v) is 17.2. The first kappa shape index (κ1) is 19.3. The van der Waals surface area contributed by atoms with Gasteiger partial charge in [-0.1, -0.05) is 0 Å². The van der Waals surface area contributed by atoms with Crippen molar-refractivity contribution < 1.29 is 17.5 Å². The fraction of sp³-hybridized carbons (Fsp3) is 0.316. The molecule has 1 aliphatic heterocycles. The highest BCUT2D eigenvalue weighted by Gasteiger charge is 2.30. The van der Waals surface area contributed by atoms with E-state index in [1.165, 1.54) is 27.8 Å². The van der Waals surface area contributed by atoms with Gasteiger partial charge in [0.05, 0.1) is 24.6 Å². The van der Waals surface area contributed by atoms with Crippen molar-refractivity contribution in [2.24, 2.45) is 7.05 Å². The largest absolute Gasteiger partial charge is 0.379 e. The van der Waals surface area contributed by atoms with Crippen LogP contribution in [-0.4, -0.2) is 48.6 Å². The third-order valence-corrected chi connectivity index (χ3v) is 7.82. The van der Waals surface area contributed by atoms with E-state index in [0.29, 0.717) is 41.9 Å². The summed E-state index contributed by atoms with van der Waals surface area (Å²) >= 11 is 1.43. The summed E-state index contributed by atoms with van der Waals surface area (Å²) in [6.45, 7) is 3.33. The SMILES string of the molecule is Cc1c(S(=O)(=O)N2CCOCC2)cc(-c2nc(-c3ccc(F)cc3)cs2)n1C. The molecule has 1 saturated heterocycles. The van der Waals surface area contributed by atoms with Gasteiger partial charge in [0, 0.05) is 36.8 Å². The molecule has 0 aliphatic carbocycles. The minimum Gasteiger partial charge on any atom is -0.379 e. The van der Waals surface area contributed by atoms with Gasteiger partial charge in [0.1, 0.15) is 15.7 Å². The molecule has 28 heavy (non-hydrogen) atoms. The second-order valence-corrected chi connectivity index (χ2v) is 9.36. The second kappa shape index (κ2) is 7.40. The number of benzene rings is 1. The molecule has 148 valence electrons. The van der Waals surface area contributed by atoms with E-state index in [9.17, 15) is 12.8 Å². The zero-order valence-electron chi connectivity index (χ0n) is 15.6. The van der Waals surface area contributed by atoms with Crippen molar-refractivity contribution in [1.29, 1.82) is 0 Å². The van der Waals surface area contributed by atoms with Crippen molar-refractivity contribution in [2.45, 2.75) is 11.8 Å². The molecule has 3 aromatic rings. The summed E-state index contributed by atoms with van der Waals surface area (Å²) in [7, 11) is -1.75. The van der Waals surface area contributed by atoms with E-state index in [-0.39, 0.29) is 5.82 Å². The van der Waals surface area contributed by atoms with Crippen LogP contribution in [-0.2, 0) is 21.8 Å². The molecule has 3 heterocycles. The Morgan fingerprint density at radius 3 is 2.54 bits per heavy atom. The molecule has 1 aliphatic rings. The predicted octanol–water partition coefficient (Wildman–Crippen LogP) is 3.28. The molecule has 2 aromatic heterocycles. The number of morpholine rings is 1. The van der Waals surface area contributed by atoms with E-state index < -0.39 is 10.0 Å². The standard InChI is InChI=1S/C19H20FN3O3S2/c1-13-18(28(24,25)23-7-9-26-10-8-23)11-17(22(13)2)19-21-16(12-27-19)14-3-5-15(20)6-4-14/h3-6,11-12H,7-10H2,1-2H3. The van der Waals surface area contributed by atoms with Gasteiger partial charge in [0.25, 0.3) is 0 Å². The van der Waals surface area contributed by atoms with Gasteiger partial charge in [0.15, 0.2) is 0 Å². The van der Waals surface area contributed by atoms with Gasteiger partial charge in [-0.05, 0) is 37.3 Å². The van der Waals surface area contributed by atoms with E-state index in [2.05, 4.69) is 4.98 Å². The monoisotopic (exact) mass is 421 g/mol. The third kappa shape index (κ3) is 3.39. The van der Waals surface area contributed by atoms with Gasteiger partial charge in [0.2, 0.25) is 10.0 Å². The lowest BCUT2D eigenvalue weighted by atomic mass is 10.2. The van der Waals surface area contributed by atoms with Crippen LogP contribution >= 0.6 is 11.3 Å². The van der Waals surface area contributed by atoms with Crippen LogP contribution in [0.15, 0.2) is 40.6 Å². The number of nitrogens with zero attached hydrogens (tertiary/aromatic N) is 3. The maximum absolute atomic E-state index is 13.1. The summed E-state index contributed by atoms with van der Waals surface area (Å²) in [5.74, 6) is -0.296. The molecular weight excluding hydrogens is 401 g/mol. The van der Waals surface area contributed by atoms with Gasteiger partial charge in [-0.2, -0.15) is 4.31 Å². The maximum Gasteiger partial charge on any atom is 0.245 e. The molecular formula is C19H20FN3O3S2. The number of thiazole rings is 1. The molecule has 0 amide bonds. The molecule has 0 bridgehead atoms. The van der Waals surface area contributed by atoms with E-state index >= 15 is 0 Å². The van der Waals surface area contributed by atoms with Crippen LogP contribution in [0.4, 0.5) is 4.39 Å². The van der Waals surface area contributed by atoms with E-state index in [1.54, 1.807) is 25.1 Å². The van der Waals surface area contributed by atoms with Crippen molar-refractivity contribution in [3.8, 4) is 22.0 Å². The van der Waals surface area contributed by atoms with Crippen molar-refractivity contribution >= 4 is 21.4 Å². The van der Waals surface area contributed by atoms with Gasteiger partial charge >= 0.3 is 0 Å². The molecule has 0 atom stereocenters. The minimum absolute atomic E-state index is 0.296. The smallest absolute Gasteiger partial charge is 0.245 e. The molecule has 0 spiro atoms.